The van der Waals surface area contributed by atoms with E-state index in [4.69, 9.17) is 15.6 Å². The summed E-state index contributed by atoms with van der Waals surface area (Å²) < 4.78 is 6.86. The van der Waals surface area contributed by atoms with Gasteiger partial charge in [0.1, 0.15) is 0 Å². The Kier molecular flexibility index (Phi) is 8.80. The number of nitrogens with two attached hydrogens (primary N) is 1. The molecule has 2 heterocycles. The summed E-state index contributed by atoms with van der Waals surface area (Å²) in [5.74, 6) is 0.529. The molecule has 26 heavy (non-hydrogen) atoms. The van der Waals surface area contributed by atoms with Crippen molar-refractivity contribution < 1.29 is 9.84 Å². The van der Waals surface area contributed by atoms with Gasteiger partial charge in [0.25, 0.3) is 5.56 Å². The standard InChI is InChI=1S/C14H18N4O2.C5H8O/c1-3-20-7-6-18-5-4-11(8-13(18)19)12-9-16-14(15)17-10(12)2;1-3-4-5(2)6/h4-5,8-9H,3,6-7H2,1-2H3,(H2,15,16,17);3-4,6H,1H2,2H3/b;5-4-. The number of aromatic nitrogens is 3. The molecular weight excluding hydrogens is 332 g/mol. The molecule has 0 fully saturated rings. The largest absolute Gasteiger partial charge is 0.513 e. The fourth-order valence-corrected chi connectivity index (χ4v) is 2.11. The fraction of sp³-hybridized carbons (Fsp3) is 0.316. The molecule has 0 amide bonds. The number of nitrogens with zero attached hydrogens (tertiary/aromatic N) is 3. The van der Waals surface area contributed by atoms with Crippen LogP contribution in [-0.4, -0.2) is 32.9 Å². The molecule has 140 valence electrons. The number of allylic oxidation sites excluding steroid dienone is 3. The van der Waals surface area contributed by atoms with Crippen LogP contribution >= 0.6 is 0 Å². The Balaban J connectivity index is 0.000000487. The van der Waals surface area contributed by atoms with Crippen LogP contribution in [0.25, 0.3) is 11.1 Å². The molecule has 0 saturated carbocycles. The van der Waals surface area contributed by atoms with Crippen LogP contribution in [0.15, 0.2) is 53.8 Å². The van der Waals surface area contributed by atoms with E-state index in [9.17, 15) is 4.79 Å². The van der Waals surface area contributed by atoms with Gasteiger partial charge in [-0.15, -0.1) is 0 Å². The van der Waals surface area contributed by atoms with Crippen LogP contribution in [0.5, 0.6) is 0 Å². The van der Waals surface area contributed by atoms with Crippen molar-refractivity contribution in [1.29, 1.82) is 0 Å². The predicted molar refractivity (Wildman–Crippen MR) is 104 cm³/mol. The lowest BCUT2D eigenvalue weighted by atomic mass is 10.1. The number of ether oxygens (including phenoxy) is 1. The topological polar surface area (TPSA) is 103 Å². The number of aliphatic hydroxyl groups excluding tert-OH is 1. The average molecular weight is 358 g/mol. The minimum atomic E-state index is -0.0709. The minimum absolute atomic E-state index is 0.0709. The van der Waals surface area contributed by atoms with E-state index in [1.807, 2.05) is 19.9 Å². The molecule has 0 unspecified atom stereocenters. The molecule has 0 spiro atoms. The lowest BCUT2D eigenvalue weighted by Gasteiger charge is -2.08. The second-order valence-corrected chi connectivity index (χ2v) is 5.42. The Morgan fingerprint density at radius 3 is 2.73 bits per heavy atom. The number of nitrogen functional groups attached to an aromatic ring is 1. The number of hydrogen-bond acceptors (Lipinski definition) is 6. The van der Waals surface area contributed by atoms with Gasteiger partial charge in [0.15, 0.2) is 0 Å². The molecule has 0 aliphatic heterocycles. The molecule has 0 bridgehead atoms. The van der Waals surface area contributed by atoms with Crippen molar-refractivity contribution in [1.82, 2.24) is 14.5 Å². The second-order valence-electron chi connectivity index (χ2n) is 5.42. The molecule has 0 aliphatic carbocycles. The van der Waals surface area contributed by atoms with Gasteiger partial charge in [-0.1, -0.05) is 12.7 Å². The van der Waals surface area contributed by atoms with Gasteiger partial charge in [0.05, 0.1) is 18.1 Å². The number of aliphatic hydroxyl groups is 1. The van der Waals surface area contributed by atoms with Crippen LogP contribution in [0.3, 0.4) is 0 Å². The number of pyridine rings is 1. The molecule has 0 aromatic carbocycles. The molecule has 7 nitrogen and oxygen atoms in total. The van der Waals surface area contributed by atoms with E-state index >= 15 is 0 Å². The Labute approximate surface area is 153 Å². The monoisotopic (exact) mass is 358 g/mol. The first kappa shape index (κ1) is 21.1. The minimum Gasteiger partial charge on any atom is -0.513 e. The van der Waals surface area contributed by atoms with Crippen LogP contribution in [0.4, 0.5) is 5.95 Å². The van der Waals surface area contributed by atoms with Crippen LogP contribution in [0.2, 0.25) is 0 Å². The van der Waals surface area contributed by atoms with Crippen molar-refractivity contribution in [2.24, 2.45) is 0 Å². The van der Waals surface area contributed by atoms with Gasteiger partial charge in [-0.25, -0.2) is 9.97 Å². The highest BCUT2D eigenvalue weighted by atomic mass is 16.5. The zero-order valence-electron chi connectivity index (χ0n) is 15.5. The summed E-state index contributed by atoms with van der Waals surface area (Å²) in [6.45, 7) is 10.5. The number of rotatable bonds is 6. The van der Waals surface area contributed by atoms with Gasteiger partial charge < -0.3 is 20.1 Å². The van der Waals surface area contributed by atoms with Gasteiger partial charge in [0, 0.05) is 37.2 Å². The molecule has 0 aliphatic rings. The number of anilines is 1. The summed E-state index contributed by atoms with van der Waals surface area (Å²) in [4.78, 5) is 20.1. The van der Waals surface area contributed by atoms with E-state index in [-0.39, 0.29) is 11.5 Å². The summed E-state index contributed by atoms with van der Waals surface area (Å²) in [7, 11) is 0. The molecule has 2 aromatic rings. The van der Waals surface area contributed by atoms with Crippen molar-refractivity contribution in [3.05, 3.63) is 65.1 Å². The van der Waals surface area contributed by atoms with Crippen LogP contribution in [0.1, 0.15) is 19.5 Å². The molecule has 3 N–H and O–H groups in total. The van der Waals surface area contributed by atoms with E-state index in [0.29, 0.717) is 25.5 Å². The normalized spacial score (nSPS) is 10.8. The van der Waals surface area contributed by atoms with Crippen molar-refractivity contribution in [2.75, 3.05) is 18.9 Å². The average Bonchev–Trinajstić information content (AvgIpc) is 2.57. The van der Waals surface area contributed by atoms with E-state index in [1.54, 1.807) is 30.0 Å². The summed E-state index contributed by atoms with van der Waals surface area (Å²) >= 11 is 0. The van der Waals surface area contributed by atoms with Crippen LogP contribution in [0, 0.1) is 6.92 Å². The quantitative estimate of drug-likeness (QED) is 0.467. The highest BCUT2D eigenvalue weighted by molar-refractivity contribution is 5.64. The highest BCUT2D eigenvalue weighted by Gasteiger charge is 2.06. The van der Waals surface area contributed by atoms with E-state index in [0.717, 1.165) is 16.8 Å². The maximum absolute atomic E-state index is 12.0. The van der Waals surface area contributed by atoms with Crippen molar-refractivity contribution in [3.63, 3.8) is 0 Å². The van der Waals surface area contributed by atoms with Gasteiger partial charge in [0.2, 0.25) is 5.95 Å². The third kappa shape index (κ3) is 6.90. The van der Waals surface area contributed by atoms with Crippen LogP contribution in [-0.2, 0) is 11.3 Å². The number of aryl methyl sites for hydroxylation is 1. The molecule has 0 radical (unpaired) electrons. The van der Waals surface area contributed by atoms with Gasteiger partial charge in [-0.05, 0) is 38.5 Å². The van der Waals surface area contributed by atoms with Crippen LogP contribution < -0.4 is 11.3 Å². The maximum atomic E-state index is 12.0. The zero-order chi connectivity index (χ0) is 19.5. The highest BCUT2D eigenvalue weighted by Crippen LogP contribution is 2.19. The summed E-state index contributed by atoms with van der Waals surface area (Å²) in [5.41, 5.74) is 7.81. The van der Waals surface area contributed by atoms with Gasteiger partial charge >= 0.3 is 0 Å². The first-order valence-corrected chi connectivity index (χ1v) is 8.25. The van der Waals surface area contributed by atoms with Gasteiger partial charge in [-0.3, -0.25) is 4.79 Å². The Morgan fingerprint density at radius 2 is 2.23 bits per heavy atom. The van der Waals surface area contributed by atoms with Crippen molar-refractivity contribution in [2.45, 2.75) is 27.3 Å². The molecule has 7 heteroatoms. The van der Waals surface area contributed by atoms with E-state index in [1.165, 1.54) is 12.2 Å². The first-order chi connectivity index (χ1) is 12.4. The smallest absolute Gasteiger partial charge is 0.251 e. The SMILES string of the molecule is C=C/C=C(/C)O.CCOCCn1ccc(-c2cnc(N)nc2C)cc1=O. The summed E-state index contributed by atoms with van der Waals surface area (Å²) in [6.07, 6.45) is 6.46. The Morgan fingerprint density at radius 1 is 1.50 bits per heavy atom. The first-order valence-electron chi connectivity index (χ1n) is 8.25. The van der Waals surface area contributed by atoms with Gasteiger partial charge in [-0.2, -0.15) is 0 Å². The third-order valence-corrected chi connectivity index (χ3v) is 3.34. The molecule has 2 aromatic heterocycles. The Hall–Kier alpha value is -2.93. The lowest BCUT2D eigenvalue weighted by Crippen LogP contribution is -2.21. The summed E-state index contributed by atoms with van der Waals surface area (Å²) in [5, 5.41) is 8.34. The molecule has 0 saturated heterocycles. The predicted octanol–water partition coefficient (Wildman–Crippen LogP) is 2.87. The zero-order valence-corrected chi connectivity index (χ0v) is 15.5. The number of hydrogen-bond donors (Lipinski definition) is 2. The molecular formula is C19H26N4O3. The van der Waals surface area contributed by atoms with E-state index < -0.39 is 0 Å². The van der Waals surface area contributed by atoms with E-state index in [2.05, 4.69) is 16.5 Å². The van der Waals surface area contributed by atoms with Crippen molar-refractivity contribution >= 4 is 5.95 Å². The fourth-order valence-electron chi connectivity index (χ4n) is 2.11. The molecule has 2 rings (SSSR count). The Bertz CT molecular complexity index is 809. The summed E-state index contributed by atoms with van der Waals surface area (Å²) in [6, 6.07) is 3.45. The molecule has 0 atom stereocenters. The maximum Gasteiger partial charge on any atom is 0.251 e. The second kappa shape index (κ2) is 10.8. The third-order valence-electron chi connectivity index (χ3n) is 3.34. The lowest BCUT2D eigenvalue weighted by molar-refractivity contribution is 0.138. The van der Waals surface area contributed by atoms with Crippen molar-refractivity contribution in [3.8, 4) is 11.1 Å².